The van der Waals surface area contributed by atoms with Crippen molar-refractivity contribution in [3.8, 4) is 11.8 Å². The molecular weight excluding hydrogens is 348 g/mol. The van der Waals surface area contributed by atoms with E-state index in [-0.39, 0.29) is 11.5 Å². The highest BCUT2D eigenvalue weighted by atomic mass is 32.2. The molecule has 2 aromatic carbocycles. The first-order chi connectivity index (χ1) is 12.6. The molecule has 2 N–H and O–H groups in total. The number of nitriles is 1. The van der Waals surface area contributed by atoms with E-state index >= 15 is 0 Å². The smallest absolute Gasteiger partial charge is 0.344 e. The van der Waals surface area contributed by atoms with Crippen molar-refractivity contribution < 1.29 is 9.15 Å². The first-order valence-corrected chi connectivity index (χ1v) is 9.13. The number of allylic oxidation sites excluding steroid dienone is 1. The van der Waals surface area contributed by atoms with E-state index in [0.717, 1.165) is 10.5 Å². The standard InChI is InChI=1S/C20H14N2O3S/c1-26-12-8-6-11(7-9-12)16-14(10-21)19(22)25-18-13-4-2-3-5-15(13)24-20(23)17(16)18/h2-9,16H,22H2,1H3. The molecule has 5 nitrogen and oxygen atoms in total. The SMILES string of the molecule is CSc1ccc(C2C(C#N)=C(N)Oc3c2c(=O)oc2ccccc32)cc1. The Morgan fingerprint density at radius 2 is 1.88 bits per heavy atom. The van der Waals surface area contributed by atoms with E-state index in [2.05, 4.69) is 6.07 Å². The number of nitrogens with zero attached hydrogens (tertiary/aromatic N) is 1. The molecule has 0 aliphatic carbocycles. The summed E-state index contributed by atoms with van der Waals surface area (Å²) in [5.41, 5.74) is 7.20. The van der Waals surface area contributed by atoms with Crippen LogP contribution in [-0.4, -0.2) is 6.26 Å². The maximum atomic E-state index is 12.7. The van der Waals surface area contributed by atoms with Gasteiger partial charge < -0.3 is 14.9 Å². The van der Waals surface area contributed by atoms with E-state index in [1.807, 2.05) is 36.6 Å². The van der Waals surface area contributed by atoms with Gasteiger partial charge in [-0.15, -0.1) is 11.8 Å². The molecule has 1 aliphatic rings. The number of fused-ring (bicyclic) bond motifs is 3. The van der Waals surface area contributed by atoms with Gasteiger partial charge in [-0.3, -0.25) is 0 Å². The number of nitrogens with two attached hydrogens (primary N) is 1. The van der Waals surface area contributed by atoms with Gasteiger partial charge in [0.15, 0.2) is 5.75 Å². The molecule has 2 heterocycles. The van der Waals surface area contributed by atoms with Crippen LogP contribution in [0.1, 0.15) is 17.0 Å². The second-order valence-electron chi connectivity index (χ2n) is 5.83. The topological polar surface area (TPSA) is 89.3 Å². The van der Waals surface area contributed by atoms with Crippen LogP contribution in [0, 0.1) is 11.3 Å². The van der Waals surface area contributed by atoms with Crippen LogP contribution >= 0.6 is 11.8 Å². The number of para-hydroxylation sites is 1. The maximum Gasteiger partial charge on any atom is 0.344 e. The summed E-state index contributed by atoms with van der Waals surface area (Å²) in [7, 11) is 0. The molecule has 0 radical (unpaired) electrons. The lowest BCUT2D eigenvalue weighted by Gasteiger charge is -2.26. The molecule has 0 amide bonds. The minimum Gasteiger partial charge on any atom is -0.439 e. The molecule has 128 valence electrons. The number of ether oxygens (including phenoxy) is 1. The van der Waals surface area contributed by atoms with Gasteiger partial charge in [0.05, 0.1) is 16.9 Å². The van der Waals surface area contributed by atoms with Gasteiger partial charge in [0.1, 0.15) is 17.2 Å². The zero-order chi connectivity index (χ0) is 18.3. The minimum atomic E-state index is -0.625. The summed E-state index contributed by atoms with van der Waals surface area (Å²) in [4.78, 5) is 13.8. The Kier molecular flexibility index (Phi) is 3.94. The van der Waals surface area contributed by atoms with Crippen LogP contribution in [0.3, 0.4) is 0 Å². The summed E-state index contributed by atoms with van der Waals surface area (Å²) in [5.74, 6) is -0.262. The predicted molar refractivity (Wildman–Crippen MR) is 100 cm³/mol. The normalized spacial score (nSPS) is 16.1. The Labute approximate surface area is 153 Å². The summed E-state index contributed by atoms with van der Waals surface area (Å²) >= 11 is 1.62. The van der Waals surface area contributed by atoms with Crippen LogP contribution in [0.4, 0.5) is 0 Å². The monoisotopic (exact) mass is 362 g/mol. The largest absolute Gasteiger partial charge is 0.439 e. The lowest BCUT2D eigenvalue weighted by Crippen LogP contribution is -2.26. The molecule has 0 spiro atoms. The van der Waals surface area contributed by atoms with Crippen LogP contribution in [0.15, 0.2) is 74.1 Å². The van der Waals surface area contributed by atoms with Crippen molar-refractivity contribution >= 4 is 22.7 Å². The molecule has 0 bridgehead atoms. The average Bonchev–Trinajstić information content (AvgIpc) is 2.67. The zero-order valence-electron chi connectivity index (χ0n) is 13.9. The maximum absolute atomic E-state index is 12.7. The van der Waals surface area contributed by atoms with Crippen molar-refractivity contribution in [2.45, 2.75) is 10.8 Å². The lowest BCUT2D eigenvalue weighted by atomic mass is 9.84. The second kappa shape index (κ2) is 6.28. The van der Waals surface area contributed by atoms with Gasteiger partial charge in [-0.1, -0.05) is 24.3 Å². The van der Waals surface area contributed by atoms with Crippen molar-refractivity contribution in [3.05, 3.63) is 81.5 Å². The van der Waals surface area contributed by atoms with Crippen molar-refractivity contribution in [1.29, 1.82) is 5.26 Å². The Morgan fingerprint density at radius 1 is 1.15 bits per heavy atom. The third-order valence-corrected chi connectivity index (χ3v) is 5.17. The lowest BCUT2D eigenvalue weighted by molar-refractivity contribution is 0.388. The van der Waals surface area contributed by atoms with Gasteiger partial charge >= 0.3 is 5.63 Å². The number of rotatable bonds is 2. The first kappa shape index (κ1) is 16.3. The predicted octanol–water partition coefficient (Wildman–Crippen LogP) is 3.73. The fourth-order valence-corrected chi connectivity index (χ4v) is 3.60. The molecule has 3 aromatic rings. The molecule has 4 rings (SSSR count). The molecule has 1 atom stereocenters. The molecule has 0 saturated carbocycles. The average molecular weight is 362 g/mol. The molecular formula is C20H14N2O3S. The summed E-state index contributed by atoms with van der Waals surface area (Å²) in [5, 5.41) is 10.3. The Balaban J connectivity index is 2.03. The molecule has 1 unspecified atom stereocenters. The van der Waals surface area contributed by atoms with Crippen molar-refractivity contribution in [2.75, 3.05) is 6.26 Å². The molecule has 6 heteroatoms. The number of hydrogen-bond donors (Lipinski definition) is 1. The van der Waals surface area contributed by atoms with Gasteiger partial charge in [0.25, 0.3) is 0 Å². The van der Waals surface area contributed by atoms with E-state index < -0.39 is 11.5 Å². The highest BCUT2D eigenvalue weighted by molar-refractivity contribution is 7.98. The van der Waals surface area contributed by atoms with Gasteiger partial charge in [0.2, 0.25) is 5.88 Å². The second-order valence-corrected chi connectivity index (χ2v) is 6.71. The highest BCUT2D eigenvalue weighted by Crippen LogP contribution is 2.43. The van der Waals surface area contributed by atoms with Crippen molar-refractivity contribution in [2.24, 2.45) is 5.73 Å². The van der Waals surface area contributed by atoms with Crippen LogP contribution in [0.2, 0.25) is 0 Å². The van der Waals surface area contributed by atoms with Crippen LogP contribution < -0.4 is 16.1 Å². The Morgan fingerprint density at radius 3 is 2.58 bits per heavy atom. The summed E-state index contributed by atoms with van der Waals surface area (Å²) in [6.45, 7) is 0. The van der Waals surface area contributed by atoms with E-state index in [4.69, 9.17) is 14.9 Å². The van der Waals surface area contributed by atoms with Gasteiger partial charge in [0, 0.05) is 4.90 Å². The molecule has 0 saturated heterocycles. The number of benzene rings is 2. The van der Waals surface area contributed by atoms with Gasteiger partial charge in [-0.05, 0) is 36.1 Å². The van der Waals surface area contributed by atoms with Crippen LogP contribution in [0.5, 0.6) is 5.75 Å². The molecule has 1 aliphatic heterocycles. The van der Waals surface area contributed by atoms with E-state index in [0.29, 0.717) is 22.3 Å². The highest BCUT2D eigenvalue weighted by Gasteiger charge is 2.35. The van der Waals surface area contributed by atoms with E-state index in [1.54, 1.807) is 30.0 Å². The Bertz CT molecular complexity index is 1140. The summed E-state index contributed by atoms with van der Waals surface area (Å²) in [6.07, 6.45) is 1.98. The fraction of sp³-hybridized carbons (Fsp3) is 0.100. The van der Waals surface area contributed by atoms with Gasteiger partial charge in [-0.2, -0.15) is 5.26 Å². The van der Waals surface area contributed by atoms with Gasteiger partial charge in [-0.25, -0.2) is 4.79 Å². The summed E-state index contributed by atoms with van der Waals surface area (Å²) < 4.78 is 11.2. The minimum absolute atomic E-state index is 0.00898. The fourth-order valence-electron chi connectivity index (χ4n) is 3.20. The number of thioether (sulfide) groups is 1. The van der Waals surface area contributed by atoms with Crippen LogP contribution in [-0.2, 0) is 0 Å². The zero-order valence-corrected chi connectivity index (χ0v) is 14.7. The molecule has 26 heavy (non-hydrogen) atoms. The third kappa shape index (κ3) is 2.45. The van der Waals surface area contributed by atoms with Crippen LogP contribution in [0.25, 0.3) is 11.0 Å². The quantitative estimate of drug-likeness (QED) is 0.552. The van der Waals surface area contributed by atoms with E-state index in [1.165, 1.54) is 0 Å². The van der Waals surface area contributed by atoms with Crippen molar-refractivity contribution in [3.63, 3.8) is 0 Å². The Hall–Kier alpha value is -3.17. The molecule has 0 fully saturated rings. The first-order valence-electron chi connectivity index (χ1n) is 7.91. The molecule has 1 aromatic heterocycles. The summed E-state index contributed by atoms with van der Waals surface area (Å²) in [6, 6.07) is 16.9. The third-order valence-electron chi connectivity index (χ3n) is 4.42. The van der Waals surface area contributed by atoms with Crippen molar-refractivity contribution in [1.82, 2.24) is 0 Å². The van der Waals surface area contributed by atoms with E-state index in [9.17, 15) is 10.1 Å². The number of hydrogen-bond acceptors (Lipinski definition) is 6.